The van der Waals surface area contributed by atoms with Crippen molar-refractivity contribution in [2.24, 2.45) is 15.5 Å². The molecule has 0 fully saturated rings. The number of guanidine groups is 1. The summed E-state index contributed by atoms with van der Waals surface area (Å²) in [5, 5.41) is 11.3. The highest BCUT2D eigenvalue weighted by Gasteiger charge is 2.22. The van der Waals surface area contributed by atoms with E-state index in [4.69, 9.17) is 16.7 Å². The third kappa shape index (κ3) is 8.76. The molecule has 11 heteroatoms. The van der Waals surface area contributed by atoms with Gasteiger partial charge in [-0.05, 0) is 48.2 Å². The molecule has 0 bridgehead atoms. The van der Waals surface area contributed by atoms with Crippen LogP contribution in [-0.2, 0) is 10.2 Å². The van der Waals surface area contributed by atoms with Gasteiger partial charge in [-0.1, -0.05) is 32.4 Å². The van der Waals surface area contributed by atoms with Crippen molar-refractivity contribution in [3.8, 4) is 0 Å². The summed E-state index contributed by atoms with van der Waals surface area (Å²) in [6.07, 6.45) is 2.74. The molecule has 0 aliphatic heterocycles. The van der Waals surface area contributed by atoms with Crippen LogP contribution >= 0.6 is 11.6 Å². The van der Waals surface area contributed by atoms with E-state index in [-0.39, 0.29) is 17.3 Å². The number of hydrogen-bond acceptors (Lipinski definition) is 5. The minimum absolute atomic E-state index is 0.142. The number of nitrogens with one attached hydrogen (secondary N) is 3. The van der Waals surface area contributed by atoms with Crippen LogP contribution in [-0.4, -0.2) is 31.4 Å². The van der Waals surface area contributed by atoms with Gasteiger partial charge < -0.3 is 10.6 Å². The second-order valence-corrected chi connectivity index (χ2v) is 9.48. The van der Waals surface area contributed by atoms with Crippen LogP contribution in [0.15, 0.2) is 53.8 Å². The normalized spacial score (nSPS) is 13.4. The number of aliphatic imine (C=N–C) groups is 1. The maximum Gasteiger partial charge on any atom is 0.298 e. The number of hydrogen-bond donors (Lipinski definition) is 4. The summed E-state index contributed by atoms with van der Waals surface area (Å²) in [4.78, 5) is 21.0. The Kier molecular flexibility index (Phi) is 7.77. The van der Waals surface area contributed by atoms with Crippen molar-refractivity contribution in [1.82, 2.24) is 15.0 Å². The van der Waals surface area contributed by atoms with Crippen LogP contribution in [0.2, 0.25) is 5.02 Å². The molecule has 0 aliphatic rings. The fourth-order valence-corrected chi connectivity index (χ4v) is 2.99. The molecule has 1 heterocycles. The fourth-order valence-electron chi connectivity index (χ4n) is 2.49. The molecular formula is C19H25ClN6O3S. The topological polar surface area (TPSA) is 139 Å². The quantitative estimate of drug-likeness (QED) is 0.394. The molecule has 1 aromatic carbocycles. The summed E-state index contributed by atoms with van der Waals surface area (Å²) >= 11 is 5.87. The van der Waals surface area contributed by atoms with Gasteiger partial charge in [0.2, 0.25) is 5.96 Å². The molecule has 1 amide bonds. The number of carbonyl (C=O) groups is 1. The molecule has 0 aliphatic carbocycles. The molecule has 2 rings (SSSR count). The highest BCUT2D eigenvalue weighted by molar-refractivity contribution is 7.87. The lowest BCUT2D eigenvalue weighted by Crippen LogP contribution is -2.44. The molecule has 9 nitrogen and oxygen atoms in total. The maximum atomic E-state index is 12.7. The van der Waals surface area contributed by atoms with Crippen molar-refractivity contribution >= 4 is 39.4 Å². The zero-order valence-corrected chi connectivity index (χ0v) is 18.5. The Balaban J connectivity index is 2.33. The third-order valence-electron chi connectivity index (χ3n) is 3.66. The SMILES string of the molecule is CC(C)(C)CC(/N=C(\Nc1cccnc1)NS(N)(=O)=O)NC(=O)c1ccc(Cl)cc1. The predicted octanol–water partition coefficient (Wildman–Crippen LogP) is 2.49. The maximum absolute atomic E-state index is 12.7. The Hall–Kier alpha value is -2.69. The van der Waals surface area contributed by atoms with Gasteiger partial charge in [-0.3, -0.25) is 9.78 Å². The monoisotopic (exact) mass is 452 g/mol. The van der Waals surface area contributed by atoms with Gasteiger partial charge in [-0.2, -0.15) is 8.42 Å². The standard InChI is InChI=1S/C19H25ClN6O3S/c1-19(2,3)11-16(24-17(27)13-6-8-14(20)9-7-13)25-18(26-30(21,28)29)23-15-5-4-10-22-12-15/h4-10,12,16H,11H2,1-3H3,(H,24,27)(H2,21,28,29)(H2,23,25,26). The molecule has 0 saturated heterocycles. The summed E-state index contributed by atoms with van der Waals surface area (Å²) in [6.45, 7) is 5.93. The number of amides is 1. The number of anilines is 1. The van der Waals surface area contributed by atoms with Crippen LogP contribution in [0.5, 0.6) is 0 Å². The highest BCUT2D eigenvalue weighted by Crippen LogP contribution is 2.22. The summed E-state index contributed by atoms with van der Waals surface area (Å²) in [5.41, 5.74) is 0.670. The lowest BCUT2D eigenvalue weighted by molar-refractivity contribution is 0.0929. The van der Waals surface area contributed by atoms with Crippen LogP contribution in [0.4, 0.5) is 5.69 Å². The Morgan fingerprint density at radius 3 is 2.43 bits per heavy atom. The van der Waals surface area contributed by atoms with Gasteiger partial charge in [-0.25, -0.2) is 14.9 Å². The predicted molar refractivity (Wildman–Crippen MR) is 118 cm³/mol. The van der Waals surface area contributed by atoms with Crippen LogP contribution in [0.3, 0.4) is 0 Å². The number of aromatic nitrogens is 1. The van der Waals surface area contributed by atoms with Gasteiger partial charge in [0.25, 0.3) is 16.1 Å². The number of carbonyl (C=O) groups excluding carboxylic acids is 1. The molecule has 2 aromatic rings. The number of pyridine rings is 1. The first-order valence-electron chi connectivity index (χ1n) is 9.03. The van der Waals surface area contributed by atoms with Crippen LogP contribution in [0.25, 0.3) is 0 Å². The summed E-state index contributed by atoms with van der Waals surface area (Å²) in [7, 11) is -4.11. The second kappa shape index (κ2) is 9.88. The zero-order chi connectivity index (χ0) is 22.4. The number of benzene rings is 1. The van der Waals surface area contributed by atoms with Gasteiger partial charge >= 0.3 is 0 Å². The van der Waals surface area contributed by atoms with Crippen LogP contribution < -0.4 is 20.5 Å². The number of nitrogens with zero attached hydrogens (tertiary/aromatic N) is 2. The Morgan fingerprint density at radius 2 is 1.90 bits per heavy atom. The number of rotatable bonds is 6. The van der Waals surface area contributed by atoms with E-state index in [1.165, 1.54) is 6.20 Å². The van der Waals surface area contributed by atoms with E-state index in [0.29, 0.717) is 22.7 Å². The Morgan fingerprint density at radius 1 is 1.23 bits per heavy atom. The third-order valence-corrected chi connectivity index (χ3v) is 4.39. The van der Waals surface area contributed by atoms with E-state index in [9.17, 15) is 13.2 Å². The van der Waals surface area contributed by atoms with Crippen molar-refractivity contribution < 1.29 is 13.2 Å². The van der Waals surface area contributed by atoms with Gasteiger partial charge in [0.05, 0.1) is 11.9 Å². The molecule has 162 valence electrons. The van der Waals surface area contributed by atoms with Gasteiger partial charge in [-0.15, -0.1) is 0 Å². The minimum Gasteiger partial charge on any atom is -0.330 e. The minimum atomic E-state index is -4.11. The summed E-state index contributed by atoms with van der Waals surface area (Å²) in [5.74, 6) is -0.517. The van der Waals surface area contributed by atoms with Crippen LogP contribution in [0.1, 0.15) is 37.6 Å². The van der Waals surface area contributed by atoms with E-state index in [1.807, 2.05) is 20.8 Å². The van der Waals surface area contributed by atoms with E-state index in [1.54, 1.807) is 42.6 Å². The van der Waals surface area contributed by atoms with E-state index in [2.05, 4.69) is 25.3 Å². The first kappa shape index (κ1) is 23.6. The Labute approximate surface area is 181 Å². The van der Waals surface area contributed by atoms with Crippen molar-refractivity contribution in [3.05, 3.63) is 59.4 Å². The smallest absolute Gasteiger partial charge is 0.298 e. The van der Waals surface area contributed by atoms with Crippen LogP contribution in [0, 0.1) is 5.41 Å². The zero-order valence-electron chi connectivity index (χ0n) is 16.9. The molecule has 1 aromatic heterocycles. The van der Waals surface area contributed by atoms with Crippen molar-refractivity contribution in [2.45, 2.75) is 33.4 Å². The average molecular weight is 453 g/mol. The average Bonchev–Trinajstić information content (AvgIpc) is 2.60. The van der Waals surface area contributed by atoms with Gasteiger partial charge in [0.1, 0.15) is 6.17 Å². The fraction of sp³-hybridized carbons (Fsp3) is 0.316. The van der Waals surface area contributed by atoms with E-state index in [0.717, 1.165) is 0 Å². The molecule has 0 saturated carbocycles. The second-order valence-electron chi connectivity index (χ2n) is 7.75. The first-order valence-corrected chi connectivity index (χ1v) is 11.0. The number of nitrogens with two attached hydrogens (primary N) is 1. The molecule has 0 radical (unpaired) electrons. The lowest BCUT2D eigenvalue weighted by atomic mass is 9.90. The van der Waals surface area contributed by atoms with Gasteiger partial charge in [0.15, 0.2) is 0 Å². The largest absolute Gasteiger partial charge is 0.330 e. The highest BCUT2D eigenvalue weighted by atomic mass is 35.5. The van der Waals surface area contributed by atoms with E-state index >= 15 is 0 Å². The molecule has 0 spiro atoms. The number of halogens is 1. The Bertz CT molecular complexity index is 989. The van der Waals surface area contributed by atoms with E-state index < -0.39 is 16.4 Å². The summed E-state index contributed by atoms with van der Waals surface area (Å²) in [6, 6.07) is 9.75. The van der Waals surface area contributed by atoms with Gasteiger partial charge in [0, 0.05) is 16.8 Å². The molecule has 1 unspecified atom stereocenters. The summed E-state index contributed by atoms with van der Waals surface area (Å²) < 4.78 is 25.3. The first-order chi connectivity index (χ1) is 13.9. The van der Waals surface area contributed by atoms with Crippen molar-refractivity contribution in [2.75, 3.05) is 5.32 Å². The lowest BCUT2D eigenvalue weighted by Gasteiger charge is -2.25. The van der Waals surface area contributed by atoms with Crippen molar-refractivity contribution in [1.29, 1.82) is 0 Å². The molecule has 1 atom stereocenters. The van der Waals surface area contributed by atoms with Crippen molar-refractivity contribution in [3.63, 3.8) is 0 Å². The molecular weight excluding hydrogens is 428 g/mol. The molecule has 30 heavy (non-hydrogen) atoms. The molecule has 5 N–H and O–H groups in total.